The molecule has 13 heavy (non-hydrogen) atoms. The van der Waals surface area contributed by atoms with Crippen LogP contribution in [0.2, 0.25) is 0 Å². The van der Waals surface area contributed by atoms with Crippen molar-refractivity contribution in [2.45, 2.75) is 6.92 Å². The molecule has 0 saturated carbocycles. The van der Waals surface area contributed by atoms with Crippen LogP contribution in [0.25, 0.3) is 0 Å². The predicted octanol–water partition coefficient (Wildman–Crippen LogP) is 0.373. The Hall–Kier alpha value is -0.880. The van der Waals surface area contributed by atoms with Crippen LogP contribution in [0.4, 0.5) is 0 Å². The highest BCUT2D eigenvalue weighted by Crippen LogP contribution is 2.14. The highest BCUT2D eigenvalue weighted by Gasteiger charge is 2.17. The summed E-state index contributed by atoms with van der Waals surface area (Å²) >= 11 is 0. The molecule has 0 aromatic heterocycles. The Balaban J connectivity index is 2.98. The molecule has 0 bridgehead atoms. The third-order valence-electron chi connectivity index (χ3n) is 1.29. The van der Waals surface area contributed by atoms with Crippen molar-refractivity contribution >= 4 is 24.7 Å². The Morgan fingerprint density at radius 2 is 2.31 bits per heavy atom. The second kappa shape index (κ2) is 4.38. The zero-order valence-electron chi connectivity index (χ0n) is 6.89. The van der Waals surface area contributed by atoms with Crippen LogP contribution in [-0.4, -0.2) is 21.0 Å². The van der Waals surface area contributed by atoms with Gasteiger partial charge in [0.05, 0.1) is 6.61 Å². The fourth-order valence-corrected chi connectivity index (χ4v) is 3.13. The molecule has 1 unspecified atom stereocenters. The van der Waals surface area contributed by atoms with Crippen LogP contribution in [0.5, 0.6) is 0 Å². The maximum Gasteiger partial charge on any atom is 0.345 e. The fourth-order valence-electron chi connectivity index (χ4n) is 0.809. The van der Waals surface area contributed by atoms with E-state index in [1.165, 1.54) is 11.5 Å². The van der Waals surface area contributed by atoms with Crippen molar-refractivity contribution in [2.75, 3.05) is 6.61 Å². The molecule has 1 rings (SSSR count). The topological polar surface area (TPSA) is 60.4 Å². The SMILES string of the molecule is CCOC(=O)C1=CC=CS1=S(=O)=O. The fraction of sp³-hybridized carbons (Fsp3) is 0.286. The molecule has 0 aromatic carbocycles. The van der Waals surface area contributed by atoms with Crippen LogP contribution in [0.15, 0.2) is 22.5 Å². The van der Waals surface area contributed by atoms with Gasteiger partial charge < -0.3 is 4.74 Å². The summed E-state index contributed by atoms with van der Waals surface area (Å²) in [6, 6.07) is 0. The summed E-state index contributed by atoms with van der Waals surface area (Å²) in [6.45, 7) is 1.92. The molecular formula is C7H8O4S2. The minimum absolute atomic E-state index is 0.204. The number of ether oxygens (including phenoxy) is 1. The van der Waals surface area contributed by atoms with E-state index in [1.54, 1.807) is 13.0 Å². The first-order valence-electron chi connectivity index (χ1n) is 3.55. The Labute approximate surface area is 79.0 Å². The zero-order chi connectivity index (χ0) is 9.84. The van der Waals surface area contributed by atoms with E-state index >= 15 is 0 Å². The first-order chi connectivity index (χ1) is 6.16. The molecule has 0 fully saturated rings. The molecular weight excluding hydrogens is 212 g/mol. The zero-order valence-corrected chi connectivity index (χ0v) is 8.52. The van der Waals surface area contributed by atoms with Gasteiger partial charge in [0, 0.05) is 0 Å². The van der Waals surface area contributed by atoms with Gasteiger partial charge in [-0.3, -0.25) is 0 Å². The van der Waals surface area contributed by atoms with Gasteiger partial charge in [0.15, 0.2) is 0 Å². The molecule has 0 aromatic rings. The molecule has 6 heteroatoms. The third-order valence-corrected chi connectivity index (χ3v) is 4.48. The second-order valence-electron chi connectivity index (χ2n) is 2.08. The number of hydrogen-bond donors (Lipinski definition) is 0. The van der Waals surface area contributed by atoms with Crippen LogP contribution >= 0.6 is 0 Å². The summed E-state index contributed by atoms with van der Waals surface area (Å²) in [5.41, 5.74) is 0. The summed E-state index contributed by atoms with van der Waals surface area (Å²) < 4.78 is 26.0. The minimum atomic E-state index is -2.27. The molecule has 0 amide bonds. The first kappa shape index (κ1) is 10.2. The molecule has 1 aliphatic heterocycles. The average molecular weight is 220 g/mol. The Morgan fingerprint density at radius 3 is 2.85 bits per heavy atom. The van der Waals surface area contributed by atoms with E-state index in [4.69, 9.17) is 4.74 Å². The van der Waals surface area contributed by atoms with Gasteiger partial charge in [-0.15, -0.1) is 0 Å². The van der Waals surface area contributed by atoms with Gasteiger partial charge in [-0.25, -0.2) is 4.79 Å². The number of rotatable bonds is 2. The molecule has 0 N–H and O–H groups in total. The van der Waals surface area contributed by atoms with Gasteiger partial charge in [0.2, 0.25) is 9.26 Å². The lowest BCUT2D eigenvalue weighted by Gasteiger charge is -2.01. The van der Waals surface area contributed by atoms with Crippen LogP contribution in [-0.2, 0) is 28.2 Å². The van der Waals surface area contributed by atoms with E-state index < -0.39 is 24.7 Å². The average Bonchev–Trinajstić information content (AvgIpc) is 2.52. The van der Waals surface area contributed by atoms with Gasteiger partial charge in [0.25, 0.3) is 0 Å². The van der Waals surface area contributed by atoms with Crippen LogP contribution in [0, 0.1) is 0 Å². The normalized spacial score (nSPS) is 19.8. The van der Waals surface area contributed by atoms with Crippen molar-refractivity contribution in [2.24, 2.45) is 0 Å². The number of carbonyl (C=O) groups excluding carboxylic acids is 1. The minimum Gasteiger partial charge on any atom is -0.462 e. The summed E-state index contributed by atoms with van der Waals surface area (Å²) in [4.78, 5) is 11.4. The van der Waals surface area contributed by atoms with E-state index in [-0.39, 0.29) is 11.5 Å². The monoisotopic (exact) mass is 220 g/mol. The first-order valence-corrected chi connectivity index (χ1v) is 6.43. The van der Waals surface area contributed by atoms with Crippen molar-refractivity contribution < 1.29 is 17.9 Å². The Kier molecular flexibility index (Phi) is 3.44. The number of allylic oxidation sites excluding steroid dienone is 2. The van der Waals surface area contributed by atoms with E-state index in [1.807, 2.05) is 0 Å². The largest absolute Gasteiger partial charge is 0.462 e. The number of carbonyl (C=O) groups is 1. The third kappa shape index (κ3) is 2.28. The highest BCUT2D eigenvalue weighted by atomic mass is 32.9. The standard InChI is InChI=1S/C7H8O4S2/c1-2-11-7(8)6-4-3-5-12(6)13(9)10/h3-5H,2H2,1H3. The van der Waals surface area contributed by atoms with E-state index in [0.29, 0.717) is 0 Å². The quantitative estimate of drug-likeness (QED) is 0.631. The lowest BCUT2D eigenvalue weighted by Crippen LogP contribution is -2.09. The number of esters is 1. The van der Waals surface area contributed by atoms with Gasteiger partial charge >= 0.3 is 5.97 Å². The summed E-state index contributed by atoms with van der Waals surface area (Å²) in [6.07, 6.45) is 3.02. The van der Waals surface area contributed by atoms with E-state index in [9.17, 15) is 13.2 Å². The van der Waals surface area contributed by atoms with Crippen molar-refractivity contribution in [3.63, 3.8) is 0 Å². The highest BCUT2D eigenvalue weighted by molar-refractivity contribution is 8.37. The molecule has 0 saturated heterocycles. The molecule has 72 valence electrons. The Morgan fingerprint density at radius 1 is 1.62 bits per heavy atom. The maximum atomic E-state index is 11.2. The lowest BCUT2D eigenvalue weighted by atomic mass is 10.5. The number of hydrogen-bond acceptors (Lipinski definition) is 4. The summed E-state index contributed by atoms with van der Waals surface area (Å²) in [5, 5.41) is 1.47. The van der Waals surface area contributed by atoms with Gasteiger partial charge in [-0.1, -0.05) is 6.08 Å². The van der Waals surface area contributed by atoms with Gasteiger partial charge in [-0.2, -0.15) is 8.42 Å². The Bertz CT molecular complexity index is 406. The molecule has 1 heterocycles. The van der Waals surface area contributed by atoms with E-state index in [2.05, 4.69) is 0 Å². The smallest absolute Gasteiger partial charge is 0.345 e. The van der Waals surface area contributed by atoms with Gasteiger partial charge in [0.1, 0.15) is 4.91 Å². The maximum absolute atomic E-state index is 11.2. The molecule has 1 atom stereocenters. The molecule has 0 aliphatic carbocycles. The van der Waals surface area contributed by atoms with Crippen LogP contribution < -0.4 is 0 Å². The van der Waals surface area contributed by atoms with Crippen molar-refractivity contribution in [1.82, 2.24) is 0 Å². The van der Waals surface area contributed by atoms with Crippen LogP contribution in [0.1, 0.15) is 6.92 Å². The molecule has 0 spiro atoms. The van der Waals surface area contributed by atoms with Crippen molar-refractivity contribution in [1.29, 1.82) is 0 Å². The summed E-state index contributed by atoms with van der Waals surface area (Å²) in [5.74, 6) is -0.556. The molecule has 0 radical (unpaired) electrons. The second-order valence-corrected chi connectivity index (χ2v) is 5.69. The van der Waals surface area contributed by atoms with Crippen molar-refractivity contribution in [3.05, 3.63) is 22.5 Å². The summed E-state index contributed by atoms with van der Waals surface area (Å²) in [7, 11) is -3.40. The van der Waals surface area contributed by atoms with E-state index in [0.717, 1.165) is 0 Å². The van der Waals surface area contributed by atoms with Gasteiger partial charge in [-0.05, 0) is 27.9 Å². The lowest BCUT2D eigenvalue weighted by molar-refractivity contribution is -0.137. The molecule has 1 aliphatic rings. The molecule has 4 nitrogen and oxygen atoms in total. The predicted molar refractivity (Wildman–Crippen MR) is 50.1 cm³/mol. The van der Waals surface area contributed by atoms with Crippen LogP contribution in [0.3, 0.4) is 0 Å². The van der Waals surface area contributed by atoms with Crippen molar-refractivity contribution in [3.8, 4) is 0 Å².